The zero-order chi connectivity index (χ0) is 13.6. The molecule has 6 heteroatoms. The number of hydrogen-bond donors (Lipinski definition) is 1. The van der Waals surface area contributed by atoms with E-state index in [1.165, 1.54) is 0 Å². The van der Waals surface area contributed by atoms with Gasteiger partial charge in [0.05, 0.1) is 0 Å². The molecular formula is C11H21F3N2O. The predicted octanol–water partition coefficient (Wildman–Crippen LogP) is 2.17. The minimum absolute atomic E-state index is 0.0897. The van der Waals surface area contributed by atoms with Gasteiger partial charge in [-0.25, -0.2) is 0 Å². The van der Waals surface area contributed by atoms with Crippen molar-refractivity contribution in [2.75, 3.05) is 13.1 Å². The molecule has 0 aliphatic carbocycles. The second kappa shape index (κ2) is 6.83. The Morgan fingerprint density at radius 1 is 1.24 bits per heavy atom. The molecule has 0 spiro atoms. The van der Waals surface area contributed by atoms with Crippen LogP contribution in [-0.2, 0) is 4.79 Å². The average molecular weight is 254 g/mol. The third-order valence-electron chi connectivity index (χ3n) is 2.18. The van der Waals surface area contributed by atoms with Crippen molar-refractivity contribution in [2.45, 2.75) is 52.4 Å². The van der Waals surface area contributed by atoms with Crippen LogP contribution in [0, 0.1) is 0 Å². The molecule has 102 valence electrons. The van der Waals surface area contributed by atoms with Gasteiger partial charge in [0.2, 0.25) is 5.91 Å². The summed E-state index contributed by atoms with van der Waals surface area (Å²) >= 11 is 0. The molecule has 0 saturated carbocycles. The van der Waals surface area contributed by atoms with Gasteiger partial charge in [0.15, 0.2) is 0 Å². The fraction of sp³-hybridized carbons (Fsp3) is 0.909. The van der Waals surface area contributed by atoms with Gasteiger partial charge in [0, 0.05) is 25.0 Å². The number of nitrogens with zero attached hydrogens (tertiary/aromatic N) is 1. The molecule has 0 aromatic rings. The third kappa shape index (κ3) is 8.01. The number of nitrogens with one attached hydrogen (secondary N) is 1. The number of rotatable bonds is 6. The molecule has 1 amide bonds. The number of hydrogen-bond acceptors (Lipinski definition) is 2. The standard InChI is InChI=1S/C11H21F3N2O/c1-8(2)15-6-5-10(17)16(9(3)4)7-11(12,13)14/h8-9,15H,5-7H2,1-4H3. The molecule has 0 atom stereocenters. The molecule has 0 rings (SSSR count). The van der Waals surface area contributed by atoms with Crippen molar-refractivity contribution < 1.29 is 18.0 Å². The van der Waals surface area contributed by atoms with Crippen LogP contribution >= 0.6 is 0 Å². The first-order chi connectivity index (χ1) is 7.63. The van der Waals surface area contributed by atoms with Gasteiger partial charge in [-0.3, -0.25) is 4.79 Å². The summed E-state index contributed by atoms with van der Waals surface area (Å²) in [5.41, 5.74) is 0. The molecule has 0 aromatic heterocycles. The summed E-state index contributed by atoms with van der Waals surface area (Å²) in [7, 11) is 0. The fourth-order valence-electron chi connectivity index (χ4n) is 1.36. The Morgan fingerprint density at radius 2 is 1.76 bits per heavy atom. The Labute approximate surface area is 100 Å². The lowest BCUT2D eigenvalue weighted by Crippen LogP contribution is -2.44. The SMILES string of the molecule is CC(C)NCCC(=O)N(CC(F)(F)F)C(C)C. The summed E-state index contributed by atoms with van der Waals surface area (Å²) in [5.74, 6) is -0.467. The van der Waals surface area contributed by atoms with E-state index in [1.54, 1.807) is 13.8 Å². The van der Waals surface area contributed by atoms with Gasteiger partial charge >= 0.3 is 6.18 Å². The minimum atomic E-state index is -4.34. The van der Waals surface area contributed by atoms with Crippen molar-refractivity contribution >= 4 is 5.91 Å². The maximum absolute atomic E-state index is 12.3. The highest BCUT2D eigenvalue weighted by atomic mass is 19.4. The smallest absolute Gasteiger partial charge is 0.331 e. The first-order valence-electron chi connectivity index (χ1n) is 5.73. The second-order valence-electron chi connectivity index (χ2n) is 4.59. The fourth-order valence-corrected chi connectivity index (χ4v) is 1.36. The van der Waals surface area contributed by atoms with Crippen LogP contribution in [0.5, 0.6) is 0 Å². The van der Waals surface area contributed by atoms with Crippen LogP contribution in [0.15, 0.2) is 0 Å². The Balaban J connectivity index is 4.26. The zero-order valence-electron chi connectivity index (χ0n) is 10.8. The summed E-state index contributed by atoms with van der Waals surface area (Å²) in [5, 5.41) is 3.00. The van der Waals surface area contributed by atoms with E-state index in [1.807, 2.05) is 13.8 Å². The van der Waals surface area contributed by atoms with Crippen molar-refractivity contribution in [3.8, 4) is 0 Å². The third-order valence-corrected chi connectivity index (χ3v) is 2.18. The Kier molecular flexibility index (Phi) is 6.52. The quantitative estimate of drug-likeness (QED) is 0.788. The van der Waals surface area contributed by atoms with E-state index in [4.69, 9.17) is 0 Å². The number of amides is 1. The van der Waals surface area contributed by atoms with Crippen LogP contribution in [0.1, 0.15) is 34.1 Å². The van der Waals surface area contributed by atoms with Gasteiger partial charge in [-0.05, 0) is 13.8 Å². The topological polar surface area (TPSA) is 32.3 Å². The molecule has 0 heterocycles. The van der Waals surface area contributed by atoms with Crippen molar-refractivity contribution in [1.29, 1.82) is 0 Å². The highest BCUT2D eigenvalue weighted by Gasteiger charge is 2.33. The number of halogens is 3. The number of carbonyl (C=O) groups excluding carboxylic acids is 1. The van der Waals surface area contributed by atoms with E-state index in [9.17, 15) is 18.0 Å². The lowest BCUT2D eigenvalue weighted by atomic mass is 10.2. The molecule has 0 radical (unpaired) electrons. The Bertz CT molecular complexity index is 239. The van der Waals surface area contributed by atoms with Crippen molar-refractivity contribution in [3.05, 3.63) is 0 Å². The summed E-state index contributed by atoms with van der Waals surface area (Å²) < 4.78 is 36.8. The van der Waals surface area contributed by atoms with E-state index < -0.39 is 24.7 Å². The summed E-state index contributed by atoms with van der Waals surface area (Å²) in [6, 6.07) is -0.221. The van der Waals surface area contributed by atoms with Crippen LogP contribution < -0.4 is 5.32 Å². The first kappa shape index (κ1) is 16.2. The molecule has 17 heavy (non-hydrogen) atoms. The van der Waals surface area contributed by atoms with Gasteiger partial charge < -0.3 is 10.2 Å². The largest absolute Gasteiger partial charge is 0.406 e. The second-order valence-corrected chi connectivity index (χ2v) is 4.59. The van der Waals surface area contributed by atoms with E-state index in [0.29, 0.717) is 6.54 Å². The molecule has 0 unspecified atom stereocenters. The molecule has 0 aromatic carbocycles. The van der Waals surface area contributed by atoms with Crippen molar-refractivity contribution in [3.63, 3.8) is 0 Å². The highest BCUT2D eigenvalue weighted by Crippen LogP contribution is 2.18. The maximum Gasteiger partial charge on any atom is 0.406 e. The Morgan fingerprint density at radius 3 is 2.12 bits per heavy atom. The molecule has 0 saturated heterocycles. The van der Waals surface area contributed by atoms with Gasteiger partial charge in [-0.2, -0.15) is 13.2 Å². The van der Waals surface area contributed by atoms with Crippen LogP contribution in [0.4, 0.5) is 13.2 Å². The van der Waals surface area contributed by atoms with Crippen LogP contribution in [-0.4, -0.2) is 42.2 Å². The van der Waals surface area contributed by atoms with Crippen molar-refractivity contribution in [2.24, 2.45) is 0 Å². The number of alkyl halides is 3. The lowest BCUT2D eigenvalue weighted by molar-refractivity contribution is -0.164. The monoisotopic (exact) mass is 254 g/mol. The summed E-state index contributed by atoms with van der Waals surface area (Å²) in [6.07, 6.45) is -4.25. The van der Waals surface area contributed by atoms with Crippen LogP contribution in [0.2, 0.25) is 0 Å². The van der Waals surface area contributed by atoms with E-state index in [0.717, 1.165) is 4.90 Å². The Hall–Kier alpha value is -0.780. The minimum Gasteiger partial charge on any atom is -0.331 e. The molecule has 0 aliphatic rings. The number of carbonyl (C=O) groups is 1. The summed E-state index contributed by atoms with van der Waals surface area (Å²) in [4.78, 5) is 12.5. The zero-order valence-corrected chi connectivity index (χ0v) is 10.8. The molecule has 0 fully saturated rings. The lowest BCUT2D eigenvalue weighted by Gasteiger charge is -2.28. The van der Waals surface area contributed by atoms with Crippen LogP contribution in [0.25, 0.3) is 0 Å². The molecule has 3 nitrogen and oxygen atoms in total. The molecular weight excluding hydrogens is 233 g/mol. The van der Waals surface area contributed by atoms with Crippen molar-refractivity contribution in [1.82, 2.24) is 10.2 Å². The molecule has 1 N–H and O–H groups in total. The average Bonchev–Trinajstić information content (AvgIpc) is 2.11. The molecule has 0 aliphatic heterocycles. The van der Waals surface area contributed by atoms with Crippen LogP contribution in [0.3, 0.4) is 0 Å². The van der Waals surface area contributed by atoms with Gasteiger partial charge in [0.1, 0.15) is 6.54 Å². The van der Waals surface area contributed by atoms with E-state index in [2.05, 4.69) is 5.32 Å². The van der Waals surface area contributed by atoms with E-state index in [-0.39, 0.29) is 12.5 Å². The molecule has 0 bridgehead atoms. The summed E-state index contributed by atoms with van der Waals surface area (Å²) in [6.45, 7) is 6.22. The van der Waals surface area contributed by atoms with Gasteiger partial charge in [-0.15, -0.1) is 0 Å². The normalized spacial score (nSPS) is 12.3. The maximum atomic E-state index is 12.3. The highest BCUT2D eigenvalue weighted by molar-refractivity contribution is 5.76. The van der Waals surface area contributed by atoms with Gasteiger partial charge in [0.25, 0.3) is 0 Å². The van der Waals surface area contributed by atoms with Gasteiger partial charge in [-0.1, -0.05) is 13.8 Å². The predicted molar refractivity (Wildman–Crippen MR) is 60.7 cm³/mol. The first-order valence-corrected chi connectivity index (χ1v) is 5.73. The van der Waals surface area contributed by atoms with E-state index >= 15 is 0 Å².